The minimum atomic E-state index is -0.445. The summed E-state index contributed by atoms with van der Waals surface area (Å²) < 4.78 is 12.5. The number of hydrogen-bond acceptors (Lipinski definition) is 3. The highest BCUT2D eigenvalue weighted by Gasteiger charge is 2.28. The van der Waals surface area contributed by atoms with Crippen LogP contribution in [0.3, 0.4) is 0 Å². The Hall–Kier alpha value is -0.330. The highest BCUT2D eigenvalue weighted by atomic mass is 127. The lowest BCUT2D eigenvalue weighted by atomic mass is 10.2. The van der Waals surface area contributed by atoms with Gasteiger partial charge in [0.05, 0.1) is 19.3 Å². The van der Waals surface area contributed by atoms with Crippen molar-refractivity contribution in [3.8, 4) is 0 Å². The number of rotatable bonds is 2. The molecule has 17 heavy (non-hydrogen) atoms. The number of anilines is 1. The highest BCUT2D eigenvalue weighted by Crippen LogP contribution is 2.21. The summed E-state index contributed by atoms with van der Waals surface area (Å²) in [4.78, 5) is 0. The average Bonchev–Trinajstić information content (AvgIpc) is 2.27. The summed E-state index contributed by atoms with van der Waals surface area (Å²) in [6.45, 7) is 7.35. The molecule has 94 valence electrons. The van der Waals surface area contributed by atoms with E-state index in [1.54, 1.807) is 0 Å². The molecular weight excluding hydrogens is 329 g/mol. The fraction of sp³-hybridized carbons (Fsp3) is 0.538. The van der Waals surface area contributed by atoms with Crippen molar-refractivity contribution >= 4 is 28.3 Å². The lowest BCUT2D eigenvalue weighted by Gasteiger charge is -2.35. The van der Waals surface area contributed by atoms with Crippen molar-refractivity contribution in [2.24, 2.45) is 0 Å². The first kappa shape index (κ1) is 13.1. The summed E-state index contributed by atoms with van der Waals surface area (Å²) in [6, 6.07) is 6.59. The monoisotopic (exact) mass is 347 g/mol. The Bertz CT molecular complexity index is 396. The van der Waals surface area contributed by atoms with Crippen molar-refractivity contribution in [3.63, 3.8) is 0 Å². The van der Waals surface area contributed by atoms with E-state index in [-0.39, 0.29) is 6.04 Å². The summed E-state index contributed by atoms with van der Waals surface area (Å²) in [5.74, 6) is -0.445. The first-order chi connectivity index (χ1) is 7.96. The molecule has 0 unspecified atom stereocenters. The van der Waals surface area contributed by atoms with E-state index in [0.717, 1.165) is 5.69 Å². The van der Waals surface area contributed by atoms with E-state index in [1.807, 2.05) is 13.8 Å². The third-order valence-electron chi connectivity index (χ3n) is 2.81. The first-order valence-corrected chi connectivity index (χ1v) is 6.85. The Morgan fingerprint density at radius 1 is 1.29 bits per heavy atom. The van der Waals surface area contributed by atoms with Crippen molar-refractivity contribution in [1.29, 1.82) is 0 Å². The molecule has 0 amide bonds. The zero-order valence-electron chi connectivity index (χ0n) is 10.4. The van der Waals surface area contributed by atoms with E-state index < -0.39 is 5.79 Å². The van der Waals surface area contributed by atoms with Crippen LogP contribution in [-0.4, -0.2) is 25.0 Å². The van der Waals surface area contributed by atoms with Gasteiger partial charge in [-0.25, -0.2) is 0 Å². The average molecular weight is 347 g/mol. The molecule has 1 N–H and O–H groups in total. The third kappa shape index (κ3) is 3.56. The smallest absolute Gasteiger partial charge is 0.162 e. The van der Waals surface area contributed by atoms with E-state index in [1.165, 1.54) is 9.13 Å². The first-order valence-electron chi connectivity index (χ1n) is 5.77. The minimum Gasteiger partial charge on any atom is -0.378 e. The fourth-order valence-electron chi connectivity index (χ4n) is 1.69. The van der Waals surface area contributed by atoms with Gasteiger partial charge in [-0.3, -0.25) is 0 Å². The van der Waals surface area contributed by atoms with Gasteiger partial charge < -0.3 is 14.8 Å². The summed E-state index contributed by atoms with van der Waals surface area (Å²) in [5.41, 5.74) is 2.42. The van der Waals surface area contributed by atoms with Crippen LogP contribution >= 0.6 is 22.6 Å². The molecule has 1 fully saturated rings. The summed E-state index contributed by atoms with van der Waals surface area (Å²) in [6.07, 6.45) is 0. The molecule has 0 bridgehead atoms. The van der Waals surface area contributed by atoms with Crippen LogP contribution in [0.25, 0.3) is 0 Å². The summed E-state index contributed by atoms with van der Waals surface area (Å²) >= 11 is 2.35. The van der Waals surface area contributed by atoms with Crippen LogP contribution in [0.5, 0.6) is 0 Å². The van der Waals surface area contributed by atoms with Gasteiger partial charge in [-0.15, -0.1) is 0 Å². The molecule has 1 saturated heterocycles. The van der Waals surface area contributed by atoms with Gasteiger partial charge in [0.2, 0.25) is 0 Å². The standard InChI is InChI=1S/C13H18INO2/c1-9-4-5-10(6-12(9)14)15-11-7-16-13(2,3)17-8-11/h4-6,11,15H,7-8H2,1-3H3. The van der Waals surface area contributed by atoms with Crippen LogP contribution in [0.1, 0.15) is 19.4 Å². The highest BCUT2D eigenvalue weighted by molar-refractivity contribution is 14.1. The maximum Gasteiger partial charge on any atom is 0.162 e. The Morgan fingerprint density at radius 3 is 2.53 bits per heavy atom. The van der Waals surface area contributed by atoms with Crippen LogP contribution < -0.4 is 5.32 Å². The molecule has 0 aromatic heterocycles. The zero-order valence-corrected chi connectivity index (χ0v) is 12.6. The van der Waals surface area contributed by atoms with Gasteiger partial charge in [0, 0.05) is 9.26 Å². The van der Waals surface area contributed by atoms with Gasteiger partial charge in [-0.2, -0.15) is 0 Å². The van der Waals surface area contributed by atoms with Crippen LogP contribution in [0.2, 0.25) is 0 Å². The maximum absolute atomic E-state index is 5.62. The second kappa shape index (κ2) is 5.12. The largest absolute Gasteiger partial charge is 0.378 e. The van der Waals surface area contributed by atoms with Crippen molar-refractivity contribution in [1.82, 2.24) is 0 Å². The SMILES string of the molecule is Cc1ccc(NC2COC(C)(C)OC2)cc1I. The Balaban J connectivity index is 1.95. The second-order valence-corrected chi connectivity index (χ2v) is 5.99. The molecule has 2 rings (SSSR count). The molecule has 1 aliphatic rings. The predicted octanol–water partition coefficient (Wildman–Crippen LogP) is 3.16. The van der Waals surface area contributed by atoms with Crippen LogP contribution in [0.15, 0.2) is 18.2 Å². The second-order valence-electron chi connectivity index (χ2n) is 4.83. The van der Waals surface area contributed by atoms with Crippen LogP contribution in [-0.2, 0) is 9.47 Å². The molecule has 1 aliphatic heterocycles. The molecular formula is C13H18INO2. The molecule has 0 saturated carbocycles. The molecule has 1 heterocycles. The lowest BCUT2D eigenvalue weighted by Crippen LogP contribution is -2.45. The van der Waals surface area contributed by atoms with E-state index in [0.29, 0.717) is 13.2 Å². The quantitative estimate of drug-likeness (QED) is 0.834. The van der Waals surface area contributed by atoms with Gasteiger partial charge in [-0.1, -0.05) is 6.07 Å². The molecule has 0 atom stereocenters. The number of hydrogen-bond donors (Lipinski definition) is 1. The molecule has 0 radical (unpaired) electrons. The molecule has 1 aromatic carbocycles. The van der Waals surface area contributed by atoms with E-state index in [9.17, 15) is 0 Å². The van der Waals surface area contributed by atoms with Crippen LogP contribution in [0, 0.1) is 10.5 Å². The molecule has 0 aliphatic carbocycles. The Kier molecular flexibility index (Phi) is 3.95. The van der Waals surface area contributed by atoms with Crippen molar-refractivity contribution in [3.05, 3.63) is 27.3 Å². The van der Waals surface area contributed by atoms with Gasteiger partial charge in [0.15, 0.2) is 5.79 Å². The number of halogens is 1. The van der Waals surface area contributed by atoms with Gasteiger partial charge in [0.1, 0.15) is 0 Å². The summed E-state index contributed by atoms with van der Waals surface area (Å²) in [7, 11) is 0. The number of aryl methyl sites for hydroxylation is 1. The van der Waals surface area contributed by atoms with E-state index in [4.69, 9.17) is 9.47 Å². The fourth-order valence-corrected chi connectivity index (χ4v) is 2.21. The number of ether oxygens (including phenoxy) is 2. The van der Waals surface area contributed by atoms with Crippen molar-refractivity contribution < 1.29 is 9.47 Å². The maximum atomic E-state index is 5.62. The third-order valence-corrected chi connectivity index (χ3v) is 3.97. The van der Waals surface area contributed by atoms with Gasteiger partial charge >= 0.3 is 0 Å². The van der Waals surface area contributed by atoms with E-state index in [2.05, 4.69) is 53.0 Å². The number of nitrogens with one attached hydrogen (secondary N) is 1. The van der Waals surface area contributed by atoms with Crippen molar-refractivity contribution in [2.45, 2.75) is 32.6 Å². The zero-order chi connectivity index (χ0) is 12.5. The molecule has 0 spiro atoms. The number of benzene rings is 1. The van der Waals surface area contributed by atoms with Crippen molar-refractivity contribution in [2.75, 3.05) is 18.5 Å². The minimum absolute atomic E-state index is 0.224. The Labute approximate surface area is 116 Å². The summed E-state index contributed by atoms with van der Waals surface area (Å²) in [5, 5.41) is 3.43. The molecule has 1 aromatic rings. The van der Waals surface area contributed by atoms with Gasteiger partial charge in [0.25, 0.3) is 0 Å². The molecule has 4 heteroatoms. The van der Waals surface area contributed by atoms with E-state index >= 15 is 0 Å². The molecule has 3 nitrogen and oxygen atoms in total. The normalized spacial score (nSPS) is 20.2. The Morgan fingerprint density at radius 2 is 1.94 bits per heavy atom. The van der Waals surface area contributed by atoms with Crippen LogP contribution in [0.4, 0.5) is 5.69 Å². The predicted molar refractivity (Wildman–Crippen MR) is 77.3 cm³/mol. The topological polar surface area (TPSA) is 30.5 Å². The lowest BCUT2D eigenvalue weighted by molar-refractivity contribution is -0.247. The van der Waals surface area contributed by atoms with Gasteiger partial charge in [-0.05, 0) is 61.1 Å².